The Morgan fingerprint density at radius 2 is 2.00 bits per heavy atom. The zero-order valence-corrected chi connectivity index (χ0v) is 13.6. The molecule has 4 atom stereocenters. The fraction of sp³-hybridized carbons (Fsp3) is 0.368. The van der Waals surface area contributed by atoms with Crippen LogP contribution in [0.5, 0.6) is 0 Å². The summed E-state index contributed by atoms with van der Waals surface area (Å²) in [5, 5.41) is 0. The zero-order chi connectivity index (χ0) is 14.6. The monoisotopic (exact) mass is 344 g/mol. The molecule has 1 fully saturated rings. The third-order valence-electron chi connectivity index (χ3n) is 5.23. The Morgan fingerprint density at radius 1 is 1.19 bits per heavy atom. The number of halogens is 2. The van der Waals surface area contributed by atoms with Crippen LogP contribution in [0.2, 0.25) is 0 Å². The van der Waals surface area contributed by atoms with E-state index < -0.39 is 0 Å². The van der Waals surface area contributed by atoms with Crippen molar-refractivity contribution in [2.75, 3.05) is 0 Å². The van der Waals surface area contributed by atoms with E-state index in [0.29, 0.717) is 16.7 Å². The number of aryl methyl sites for hydroxylation is 2. The standard InChI is InChI=1S/C19H18BrF/c1-11-10-13(7-9-16(11)21)19(20)18-15-8-6-12-4-2-3-5-14(12)17(15)18/h2-5,7,9-10,15,17-19H,6,8H2,1H3. The molecule has 0 aromatic heterocycles. The van der Waals surface area contributed by atoms with Crippen LogP contribution in [0.25, 0.3) is 0 Å². The highest BCUT2D eigenvalue weighted by Gasteiger charge is 2.55. The minimum Gasteiger partial charge on any atom is -0.207 e. The first-order valence-corrected chi connectivity index (χ1v) is 8.56. The molecular formula is C19H18BrF. The van der Waals surface area contributed by atoms with Gasteiger partial charge in [-0.3, -0.25) is 0 Å². The quantitative estimate of drug-likeness (QED) is 0.627. The largest absolute Gasteiger partial charge is 0.207 e. The van der Waals surface area contributed by atoms with E-state index in [-0.39, 0.29) is 5.82 Å². The smallest absolute Gasteiger partial charge is 0.126 e. The van der Waals surface area contributed by atoms with Gasteiger partial charge in [0.1, 0.15) is 5.82 Å². The van der Waals surface area contributed by atoms with Gasteiger partial charge in [-0.2, -0.15) is 0 Å². The van der Waals surface area contributed by atoms with Crippen LogP contribution in [0.1, 0.15) is 39.4 Å². The lowest BCUT2D eigenvalue weighted by Crippen LogP contribution is -2.00. The number of alkyl halides is 1. The van der Waals surface area contributed by atoms with Gasteiger partial charge in [-0.25, -0.2) is 4.39 Å². The van der Waals surface area contributed by atoms with Crippen LogP contribution in [-0.2, 0) is 6.42 Å². The fourth-order valence-electron chi connectivity index (χ4n) is 4.08. The van der Waals surface area contributed by atoms with Crippen LogP contribution in [0.4, 0.5) is 4.39 Å². The molecule has 2 aliphatic carbocycles. The number of hydrogen-bond acceptors (Lipinski definition) is 0. The Labute approximate surface area is 133 Å². The van der Waals surface area contributed by atoms with E-state index in [2.05, 4.69) is 40.2 Å². The van der Waals surface area contributed by atoms with Gasteiger partial charge in [-0.05, 0) is 65.8 Å². The summed E-state index contributed by atoms with van der Waals surface area (Å²) in [5.74, 6) is 2.01. The van der Waals surface area contributed by atoms with Gasteiger partial charge in [0.2, 0.25) is 0 Å². The van der Waals surface area contributed by atoms with Crippen LogP contribution >= 0.6 is 15.9 Å². The minimum atomic E-state index is -0.114. The van der Waals surface area contributed by atoms with Crippen molar-refractivity contribution >= 4 is 15.9 Å². The normalized spacial score (nSPS) is 27.7. The van der Waals surface area contributed by atoms with Gasteiger partial charge in [-0.15, -0.1) is 0 Å². The molecule has 2 aromatic rings. The zero-order valence-electron chi connectivity index (χ0n) is 12.0. The van der Waals surface area contributed by atoms with Crippen LogP contribution in [0.15, 0.2) is 42.5 Å². The Hall–Kier alpha value is -1.15. The molecule has 108 valence electrons. The van der Waals surface area contributed by atoms with E-state index >= 15 is 0 Å². The van der Waals surface area contributed by atoms with Crippen molar-refractivity contribution in [1.82, 2.24) is 0 Å². The van der Waals surface area contributed by atoms with E-state index in [1.807, 2.05) is 19.1 Å². The van der Waals surface area contributed by atoms with Crippen LogP contribution in [-0.4, -0.2) is 0 Å². The van der Waals surface area contributed by atoms with E-state index in [9.17, 15) is 4.39 Å². The average Bonchev–Trinajstić information content (AvgIpc) is 3.24. The summed E-state index contributed by atoms with van der Waals surface area (Å²) in [4.78, 5) is 0.331. The molecule has 1 saturated carbocycles. The van der Waals surface area contributed by atoms with Gasteiger partial charge in [0.05, 0.1) is 0 Å². The molecule has 0 nitrogen and oxygen atoms in total. The van der Waals surface area contributed by atoms with Crippen LogP contribution in [0, 0.1) is 24.6 Å². The highest BCUT2D eigenvalue weighted by molar-refractivity contribution is 9.09. The van der Waals surface area contributed by atoms with Crippen molar-refractivity contribution in [2.24, 2.45) is 11.8 Å². The van der Waals surface area contributed by atoms with Gasteiger partial charge in [0.15, 0.2) is 0 Å². The molecular weight excluding hydrogens is 327 g/mol. The summed E-state index contributed by atoms with van der Waals surface area (Å²) in [5.41, 5.74) is 5.02. The lowest BCUT2D eigenvalue weighted by Gasteiger charge is -2.13. The van der Waals surface area contributed by atoms with Crippen molar-refractivity contribution in [3.05, 3.63) is 70.5 Å². The first kappa shape index (κ1) is 13.5. The summed E-state index contributed by atoms with van der Waals surface area (Å²) in [6.07, 6.45) is 2.49. The molecule has 21 heavy (non-hydrogen) atoms. The van der Waals surface area contributed by atoms with E-state index in [0.717, 1.165) is 11.5 Å². The van der Waals surface area contributed by atoms with Gasteiger partial charge >= 0.3 is 0 Å². The number of benzene rings is 2. The minimum absolute atomic E-state index is 0.114. The lowest BCUT2D eigenvalue weighted by molar-refractivity contribution is 0.612. The van der Waals surface area contributed by atoms with Crippen LogP contribution in [0.3, 0.4) is 0 Å². The van der Waals surface area contributed by atoms with E-state index in [1.54, 1.807) is 11.6 Å². The second-order valence-electron chi connectivity index (χ2n) is 6.41. The summed E-state index contributed by atoms with van der Waals surface area (Å²) >= 11 is 3.89. The fourth-order valence-corrected chi connectivity index (χ4v) is 5.09. The summed E-state index contributed by atoms with van der Waals surface area (Å²) < 4.78 is 13.5. The topological polar surface area (TPSA) is 0 Å². The first-order valence-electron chi connectivity index (χ1n) is 7.65. The van der Waals surface area contributed by atoms with E-state index in [4.69, 9.17) is 0 Å². The molecule has 4 unspecified atom stereocenters. The second kappa shape index (κ2) is 4.95. The first-order chi connectivity index (χ1) is 10.2. The Balaban J connectivity index is 1.63. The third kappa shape index (κ3) is 2.15. The lowest BCUT2D eigenvalue weighted by atomic mass is 9.92. The molecule has 2 heteroatoms. The molecule has 0 saturated heterocycles. The number of hydrogen-bond donors (Lipinski definition) is 0. The van der Waals surface area contributed by atoms with Gasteiger partial charge in [0, 0.05) is 4.83 Å². The molecule has 0 heterocycles. The molecule has 0 aliphatic heterocycles. The van der Waals surface area contributed by atoms with Gasteiger partial charge in [0.25, 0.3) is 0 Å². The molecule has 0 spiro atoms. The van der Waals surface area contributed by atoms with Crippen molar-refractivity contribution in [3.63, 3.8) is 0 Å². The summed E-state index contributed by atoms with van der Waals surface area (Å²) in [6, 6.07) is 14.4. The highest BCUT2D eigenvalue weighted by Crippen LogP contribution is 2.66. The predicted molar refractivity (Wildman–Crippen MR) is 87.3 cm³/mol. The predicted octanol–water partition coefficient (Wildman–Crippen LogP) is 5.55. The van der Waals surface area contributed by atoms with Crippen molar-refractivity contribution in [2.45, 2.75) is 30.5 Å². The van der Waals surface area contributed by atoms with Crippen molar-refractivity contribution in [3.8, 4) is 0 Å². The Morgan fingerprint density at radius 3 is 2.81 bits per heavy atom. The van der Waals surface area contributed by atoms with Gasteiger partial charge < -0.3 is 0 Å². The second-order valence-corrected chi connectivity index (χ2v) is 7.40. The maximum Gasteiger partial charge on any atom is 0.126 e. The van der Waals surface area contributed by atoms with Gasteiger partial charge in [-0.1, -0.05) is 52.3 Å². The molecule has 2 aliphatic rings. The van der Waals surface area contributed by atoms with E-state index in [1.165, 1.54) is 24.0 Å². The SMILES string of the molecule is Cc1cc(C(Br)C2C3CCc4ccccc4C32)ccc1F. The Bertz CT molecular complexity index is 694. The molecule has 0 radical (unpaired) electrons. The number of rotatable bonds is 2. The van der Waals surface area contributed by atoms with Crippen LogP contribution < -0.4 is 0 Å². The van der Waals surface area contributed by atoms with Crippen molar-refractivity contribution in [1.29, 1.82) is 0 Å². The highest BCUT2D eigenvalue weighted by atomic mass is 79.9. The molecule has 2 aromatic carbocycles. The Kier molecular flexibility index (Phi) is 3.18. The average molecular weight is 345 g/mol. The maximum atomic E-state index is 13.5. The maximum absolute atomic E-state index is 13.5. The summed E-state index contributed by atoms with van der Waals surface area (Å²) in [6.45, 7) is 1.84. The number of fused-ring (bicyclic) bond motifs is 3. The summed E-state index contributed by atoms with van der Waals surface area (Å²) in [7, 11) is 0. The molecule has 0 N–H and O–H groups in total. The third-order valence-corrected chi connectivity index (χ3v) is 6.37. The molecule has 0 amide bonds. The van der Waals surface area contributed by atoms with Crippen molar-refractivity contribution < 1.29 is 4.39 Å². The molecule has 4 rings (SSSR count). The molecule has 0 bridgehead atoms.